The van der Waals surface area contributed by atoms with Crippen LogP contribution in [0.4, 0.5) is 0 Å². The van der Waals surface area contributed by atoms with Crippen LogP contribution in [-0.2, 0) is 11.3 Å². The fraction of sp³-hybridized carbons (Fsp3) is 0.381. The monoisotopic (exact) mass is 341 g/mol. The summed E-state index contributed by atoms with van der Waals surface area (Å²) in [4.78, 5) is 12.4. The summed E-state index contributed by atoms with van der Waals surface area (Å²) in [5.41, 5.74) is 2.13. The van der Waals surface area contributed by atoms with Gasteiger partial charge in [-0.2, -0.15) is 0 Å². The van der Waals surface area contributed by atoms with E-state index in [4.69, 9.17) is 9.47 Å². The Kier molecular flexibility index (Phi) is 6.87. The number of carbonyl (C=O) groups is 1. The quantitative estimate of drug-likeness (QED) is 0.780. The molecule has 1 unspecified atom stereocenters. The summed E-state index contributed by atoms with van der Waals surface area (Å²) in [5.74, 6) is 1.45. The normalized spacial score (nSPS) is 11.9. The predicted octanol–water partition coefficient (Wildman–Crippen LogP) is 4.26. The molecule has 1 atom stereocenters. The zero-order valence-corrected chi connectivity index (χ0v) is 15.4. The number of carbonyl (C=O) groups excluding carboxylic acids is 1. The zero-order chi connectivity index (χ0) is 18.2. The number of amides is 1. The third-order valence-electron chi connectivity index (χ3n) is 3.69. The molecule has 0 aliphatic carbocycles. The topological polar surface area (TPSA) is 47.6 Å². The number of ether oxygens (including phenoxy) is 2. The fourth-order valence-corrected chi connectivity index (χ4v) is 2.44. The Bertz CT molecular complexity index is 680. The van der Waals surface area contributed by atoms with Crippen molar-refractivity contribution >= 4 is 5.91 Å². The molecule has 0 aromatic heterocycles. The van der Waals surface area contributed by atoms with Crippen LogP contribution in [-0.4, -0.2) is 18.1 Å². The van der Waals surface area contributed by atoms with E-state index in [9.17, 15) is 4.79 Å². The van der Waals surface area contributed by atoms with Gasteiger partial charge in [-0.15, -0.1) is 0 Å². The Hall–Kier alpha value is -2.49. The van der Waals surface area contributed by atoms with E-state index < -0.39 is 6.10 Å². The van der Waals surface area contributed by atoms with Gasteiger partial charge >= 0.3 is 0 Å². The number of hydrogen-bond acceptors (Lipinski definition) is 3. The highest BCUT2D eigenvalue weighted by Gasteiger charge is 2.18. The van der Waals surface area contributed by atoms with Crippen molar-refractivity contribution in [2.24, 2.45) is 0 Å². The molecule has 0 bridgehead atoms. The summed E-state index contributed by atoms with van der Waals surface area (Å²) >= 11 is 0. The Morgan fingerprint density at radius 2 is 1.76 bits per heavy atom. The molecule has 1 amide bonds. The minimum absolute atomic E-state index is 0.105. The maximum absolute atomic E-state index is 12.4. The van der Waals surface area contributed by atoms with Gasteiger partial charge in [0.25, 0.3) is 5.91 Å². The second-order valence-corrected chi connectivity index (χ2v) is 6.36. The Balaban J connectivity index is 1.89. The molecule has 4 nitrogen and oxygen atoms in total. The maximum atomic E-state index is 12.4. The van der Waals surface area contributed by atoms with E-state index in [1.807, 2.05) is 76.2 Å². The van der Waals surface area contributed by atoms with Crippen molar-refractivity contribution in [2.45, 2.75) is 52.9 Å². The molecule has 0 saturated heterocycles. The molecule has 0 fully saturated rings. The summed E-state index contributed by atoms with van der Waals surface area (Å²) in [6.45, 7) is 8.40. The van der Waals surface area contributed by atoms with Gasteiger partial charge in [0.15, 0.2) is 6.10 Å². The van der Waals surface area contributed by atoms with Gasteiger partial charge in [-0.3, -0.25) is 4.79 Å². The third kappa shape index (κ3) is 6.14. The van der Waals surface area contributed by atoms with E-state index in [2.05, 4.69) is 5.32 Å². The number of rotatable bonds is 8. The summed E-state index contributed by atoms with van der Waals surface area (Å²) in [5, 5.41) is 2.94. The highest BCUT2D eigenvalue weighted by atomic mass is 16.5. The van der Waals surface area contributed by atoms with Crippen molar-refractivity contribution < 1.29 is 14.3 Å². The average Bonchev–Trinajstić information content (AvgIpc) is 2.58. The first kappa shape index (κ1) is 18.8. The lowest BCUT2D eigenvalue weighted by Gasteiger charge is -2.17. The Morgan fingerprint density at radius 1 is 1.04 bits per heavy atom. The van der Waals surface area contributed by atoms with Gasteiger partial charge in [-0.25, -0.2) is 0 Å². The molecule has 1 N–H and O–H groups in total. The molecular weight excluding hydrogens is 314 g/mol. The highest BCUT2D eigenvalue weighted by Crippen LogP contribution is 2.16. The molecule has 0 spiro atoms. The summed E-state index contributed by atoms with van der Waals surface area (Å²) < 4.78 is 11.4. The Labute approximate surface area is 150 Å². The molecule has 0 radical (unpaired) electrons. The van der Waals surface area contributed by atoms with Crippen molar-refractivity contribution in [3.05, 3.63) is 59.7 Å². The van der Waals surface area contributed by atoms with Crippen molar-refractivity contribution in [1.82, 2.24) is 5.32 Å². The van der Waals surface area contributed by atoms with Crippen molar-refractivity contribution in [2.75, 3.05) is 0 Å². The van der Waals surface area contributed by atoms with Gasteiger partial charge in [-0.1, -0.05) is 31.2 Å². The minimum Gasteiger partial charge on any atom is -0.491 e. The van der Waals surface area contributed by atoms with Gasteiger partial charge in [0.2, 0.25) is 0 Å². The van der Waals surface area contributed by atoms with E-state index >= 15 is 0 Å². The number of aryl methyl sites for hydroxylation is 1. The van der Waals surface area contributed by atoms with Crippen LogP contribution in [0.25, 0.3) is 0 Å². The minimum atomic E-state index is -0.495. The molecule has 0 saturated carbocycles. The molecule has 134 valence electrons. The molecule has 2 aromatic carbocycles. The largest absolute Gasteiger partial charge is 0.491 e. The molecule has 4 heteroatoms. The van der Waals surface area contributed by atoms with Gasteiger partial charge in [-0.05, 0) is 62.6 Å². The lowest BCUT2D eigenvalue weighted by molar-refractivity contribution is -0.128. The second kappa shape index (κ2) is 9.11. The summed E-state index contributed by atoms with van der Waals surface area (Å²) in [6, 6.07) is 15.5. The van der Waals surface area contributed by atoms with Crippen molar-refractivity contribution in [3.8, 4) is 11.5 Å². The lowest BCUT2D eigenvalue weighted by atomic mass is 10.2. The average molecular weight is 341 g/mol. The smallest absolute Gasteiger partial charge is 0.261 e. The van der Waals surface area contributed by atoms with Gasteiger partial charge in [0.1, 0.15) is 11.5 Å². The third-order valence-corrected chi connectivity index (χ3v) is 3.69. The van der Waals surface area contributed by atoms with Crippen LogP contribution in [0, 0.1) is 6.92 Å². The van der Waals surface area contributed by atoms with Crippen LogP contribution < -0.4 is 14.8 Å². The zero-order valence-electron chi connectivity index (χ0n) is 15.4. The fourth-order valence-electron chi connectivity index (χ4n) is 2.44. The highest BCUT2D eigenvalue weighted by molar-refractivity contribution is 5.81. The van der Waals surface area contributed by atoms with E-state index in [1.54, 1.807) is 0 Å². The van der Waals surface area contributed by atoms with Crippen molar-refractivity contribution in [1.29, 1.82) is 0 Å². The first-order valence-electron chi connectivity index (χ1n) is 8.74. The van der Waals surface area contributed by atoms with E-state index in [1.165, 1.54) is 0 Å². The molecular formula is C21H27NO3. The maximum Gasteiger partial charge on any atom is 0.261 e. The SMILES string of the molecule is CCC(Oc1cccc(C)c1)C(=O)NCc1ccc(OC(C)C)cc1. The molecule has 25 heavy (non-hydrogen) atoms. The van der Waals surface area contributed by atoms with Crippen LogP contribution in [0.5, 0.6) is 11.5 Å². The first-order chi connectivity index (χ1) is 12.0. The predicted molar refractivity (Wildman–Crippen MR) is 99.9 cm³/mol. The van der Waals surface area contributed by atoms with Gasteiger partial charge in [0.05, 0.1) is 6.10 Å². The van der Waals surface area contributed by atoms with Crippen LogP contribution in [0.2, 0.25) is 0 Å². The van der Waals surface area contributed by atoms with Crippen LogP contribution in [0.15, 0.2) is 48.5 Å². The number of benzene rings is 2. The standard InChI is InChI=1S/C21H27NO3/c1-5-20(25-19-8-6-7-16(4)13-19)21(23)22-14-17-9-11-18(12-10-17)24-15(2)3/h6-13,15,20H,5,14H2,1-4H3,(H,22,23). The summed E-state index contributed by atoms with van der Waals surface area (Å²) in [6.07, 6.45) is 0.265. The van der Waals surface area contributed by atoms with Crippen LogP contribution in [0.3, 0.4) is 0 Å². The van der Waals surface area contributed by atoms with Crippen LogP contribution in [0.1, 0.15) is 38.3 Å². The molecule has 0 aliphatic heterocycles. The summed E-state index contributed by atoms with van der Waals surface area (Å²) in [7, 11) is 0. The second-order valence-electron chi connectivity index (χ2n) is 6.36. The molecule has 2 aromatic rings. The number of nitrogens with one attached hydrogen (secondary N) is 1. The molecule has 2 rings (SSSR count). The van der Waals surface area contributed by atoms with Gasteiger partial charge in [0, 0.05) is 6.54 Å². The lowest BCUT2D eigenvalue weighted by Crippen LogP contribution is -2.37. The van der Waals surface area contributed by atoms with E-state index in [-0.39, 0.29) is 12.0 Å². The number of hydrogen-bond donors (Lipinski definition) is 1. The van der Waals surface area contributed by atoms with E-state index in [0.29, 0.717) is 13.0 Å². The first-order valence-corrected chi connectivity index (χ1v) is 8.74. The Morgan fingerprint density at radius 3 is 2.36 bits per heavy atom. The van der Waals surface area contributed by atoms with Crippen LogP contribution >= 0.6 is 0 Å². The van der Waals surface area contributed by atoms with Gasteiger partial charge < -0.3 is 14.8 Å². The van der Waals surface area contributed by atoms with Crippen molar-refractivity contribution in [3.63, 3.8) is 0 Å². The van der Waals surface area contributed by atoms with E-state index in [0.717, 1.165) is 22.6 Å². The molecule has 0 heterocycles. The molecule has 0 aliphatic rings.